The number of nitrogen functional groups attached to an aromatic ring is 1. The minimum absolute atomic E-state index is 0.121. The maximum absolute atomic E-state index is 13.6. The van der Waals surface area contributed by atoms with Crippen molar-refractivity contribution in [2.24, 2.45) is 0 Å². The van der Waals surface area contributed by atoms with E-state index < -0.39 is 15.8 Å². The molecular weight excluding hydrogens is 271 g/mol. The van der Waals surface area contributed by atoms with Gasteiger partial charge in [-0.3, -0.25) is 0 Å². The second-order valence-corrected chi connectivity index (χ2v) is 6.43. The van der Waals surface area contributed by atoms with E-state index in [4.69, 9.17) is 10.5 Å². The summed E-state index contributed by atoms with van der Waals surface area (Å²) < 4.78 is 45.7. The van der Waals surface area contributed by atoms with Gasteiger partial charge in [-0.15, -0.1) is 0 Å². The van der Waals surface area contributed by atoms with Crippen LogP contribution in [0.15, 0.2) is 17.0 Å². The van der Waals surface area contributed by atoms with Crippen LogP contribution in [0.4, 0.5) is 10.1 Å². The molecule has 3 N–H and O–H groups in total. The predicted octanol–water partition coefficient (Wildman–Crippen LogP) is 1.17. The first kappa shape index (κ1) is 14.2. The van der Waals surface area contributed by atoms with Gasteiger partial charge in [0.15, 0.2) is 0 Å². The van der Waals surface area contributed by atoms with Crippen molar-refractivity contribution < 1.29 is 17.5 Å². The van der Waals surface area contributed by atoms with Crippen LogP contribution < -0.4 is 10.5 Å². The van der Waals surface area contributed by atoms with Gasteiger partial charge in [-0.2, -0.15) is 0 Å². The van der Waals surface area contributed by atoms with Gasteiger partial charge >= 0.3 is 0 Å². The van der Waals surface area contributed by atoms with Crippen molar-refractivity contribution in [1.82, 2.24) is 4.72 Å². The van der Waals surface area contributed by atoms with E-state index in [1.54, 1.807) is 6.92 Å². The summed E-state index contributed by atoms with van der Waals surface area (Å²) in [5.41, 5.74) is 5.96. The number of nitrogens with two attached hydrogens (primary N) is 1. The van der Waals surface area contributed by atoms with Crippen LogP contribution in [0, 0.1) is 12.7 Å². The van der Waals surface area contributed by atoms with Crippen molar-refractivity contribution >= 4 is 15.7 Å². The Balaban J connectivity index is 2.29. The normalized spacial score (nSPS) is 23.7. The average Bonchev–Trinajstić information content (AvgIpc) is 2.70. The van der Waals surface area contributed by atoms with Crippen molar-refractivity contribution in [2.45, 2.75) is 37.3 Å². The molecule has 0 aromatic heterocycles. The number of hydrogen-bond acceptors (Lipinski definition) is 4. The summed E-state index contributed by atoms with van der Waals surface area (Å²) in [7, 11) is -3.79. The van der Waals surface area contributed by atoms with E-state index >= 15 is 0 Å². The van der Waals surface area contributed by atoms with Crippen LogP contribution in [0.25, 0.3) is 0 Å². The van der Waals surface area contributed by atoms with Crippen molar-refractivity contribution in [3.8, 4) is 0 Å². The predicted molar refractivity (Wildman–Crippen MR) is 69.7 cm³/mol. The summed E-state index contributed by atoms with van der Waals surface area (Å²) in [5, 5.41) is 0. The van der Waals surface area contributed by atoms with E-state index in [1.807, 2.05) is 0 Å². The van der Waals surface area contributed by atoms with Crippen molar-refractivity contribution in [1.29, 1.82) is 0 Å². The van der Waals surface area contributed by atoms with Crippen LogP contribution in [0.5, 0.6) is 0 Å². The van der Waals surface area contributed by atoms with E-state index in [0.717, 1.165) is 6.07 Å². The maximum atomic E-state index is 13.6. The Morgan fingerprint density at radius 1 is 1.47 bits per heavy atom. The molecule has 1 aromatic carbocycles. The largest absolute Gasteiger partial charge is 0.398 e. The molecule has 106 valence electrons. The second-order valence-electron chi connectivity index (χ2n) is 4.71. The van der Waals surface area contributed by atoms with Crippen molar-refractivity contribution in [3.05, 3.63) is 23.5 Å². The zero-order valence-electron chi connectivity index (χ0n) is 10.8. The van der Waals surface area contributed by atoms with Crippen molar-refractivity contribution in [2.75, 3.05) is 12.3 Å². The van der Waals surface area contributed by atoms with Gasteiger partial charge in [0.2, 0.25) is 10.0 Å². The fraction of sp³-hybridized carbons (Fsp3) is 0.500. The van der Waals surface area contributed by atoms with Gasteiger partial charge in [-0.05, 0) is 32.4 Å². The molecule has 1 aliphatic rings. The number of ether oxygens (including phenoxy) is 1. The number of anilines is 1. The van der Waals surface area contributed by atoms with E-state index in [1.165, 1.54) is 13.0 Å². The lowest BCUT2D eigenvalue weighted by Gasteiger charge is -2.16. The third kappa shape index (κ3) is 2.88. The zero-order valence-corrected chi connectivity index (χ0v) is 11.6. The summed E-state index contributed by atoms with van der Waals surface area (Å²) in [6, 6.07) is 1.95. The topological polar surface area (TPSA) is 81.4 Å². The standard InChI is InChI=1S/C12H17FN2O3S/c1-7-10(13)5-9(6-11(7)14)19(16,17)15-12-3-4-18-8(12)2/h5-6,8,12,15H,3-4,14H2,1-2H3. The van der Waals surface area contributed by atoms with Crippen LogP contribution in [0.3, 0.4) is 0 Å². The van der Waals surface area contributed by atoms with Gasteiger partial charge in [-0.1, -0.05) is 0 Å². The number of hydrogen-bond donors (Lipinski definition) is 2. The lowest BCUT2D eigenvalue weighted by molar-refractivity contribution is 0.117. The summed E-state index contributed by atoms with van der Waals surface area (Å²) >= 11 is 0. The molecule has 1 aromatic rings. The monoisotopic (exact) mass is 288 g/mol. The minimum Gasteiger partial charge on any atom is -0.398 e. The van der Waals surface area contributed by atoms with Crippen LogP contribution in [-0.2, 0) is 14.8 Å². The molecule has 1 heterocycles. The molecule has 0 radical (unpaired) electrons. The summed E-state index contributed by atoms with van der Waals surface area (Å²) in [6.07, 6.45) is 0.409. The summed E-state index contributed by atoms with van der Waals surface area (Å²) in [5.74, 6) is -0.629. The molecule has 0 bridgehead atoms. The number of sulfonamides is 1. The van der Waals surface area contributed by atoms with E-state index in [9.17, 15) is 12.8 Å². The first-order chi connectivity index (χ1) is 8.81. The molecule has 2 rings (SSSR count). The molecule has 0 amide bonds. The van der Waals surface area contributed by atoms with Crippen LogP contribution in [0.1, 0.15) is 18.9 Å². The van der Waals surface area contributed by atoms with Gasteiger partial charge in [0.1, 0.15) is 5.82 Å². The third-order valence-corrected chi connectivity index (χ3v) is 4.82. The molecule has 0 spiro atoms. The highest BCUT2D eigenvalue weighted by Gasteiger charge is 2.29. The Morgan fingerprint density at radius 3 is 2.68 bits per heavy atom. The molecule has 1 fully saturated rings. The van der Waals surface area contributed by atoms with Gasteiger partial charge in [-0.25, -0.2) is 17.5 Å². The molecule has 1 aliphatic heterocycles. The van der Waals surface area contributed by atoms with Gasteiger partial charge in [0.25, 0.3) is 0 Å². The number of nitrogens with one attached hydrogen (secondary N) is 1. The zero-order chi connectivity index (χ0) is 14.2. The Labute approximate surface area is 112 Å². The highest BCUT2D eigenvalue weighted by Crippen LogP contribution is 2.22. The van der Waals surface area contributed by atoms with E-state index in [0.29, 0.717) is 13.0 Å². The van der Waals surface area contributed by atoms with Crippen LogP contribution in [0.2, 0.25) is 0 Å². The lowest BCUT2D eigenvalue weighted by atomic mass is 10.2. The number of benzene rings is 1. The van der Waals surface area contributed by atoms with Crippen LogP contribution in [-0.4, -0.2) is 27.2 Å². The Kier molecular flexibility index (Phi) is 3.80. The molecule has 0 saturated carbocycles. The van der Waals surface area contributed by atoms with Gasteiger partial charge < -0.3 is 10.5 Å². The molecule has 2 unspecified atom stereocenters. The average molecular weight is 288 g/mol. The smallest absolute Gasteiger partial charge is 0.241 e. The SMILES string of the molecule is Cc1c(N)cc(S(=O)(=O)NC2CCOC2C)cc1F. The second kappa shape index (κ2) is 5.07. The highest BCUT2D eigenvalue weighted by molar-refractivity contribution is 7.89. The fourth-order valence-corrected chi connectivity index (χ4v) is 3.37. The van der Waals surface area contributed by atoms with Crippen molar-refractivity contribution in [3.63, 3.8) is 0 Å². The molecule has 1 saturated heterocycles. The van der Waals surface area contributed by atoms with E-state index in [-0.39, 0.29) is 28.3 Å². The number of halogens is 1. The fourth-order valence-electron chi connectivity index (χ4n) is 1.98. The molecule has 2 atom stereocenters. The summed E-state index contributed by atoms with van der Waals surface area (Å²) in [6.45, 7) is 3.81. The number of rotatable bonds is 3. The first-order valence-electron chi connectivity index (χ1n) is 6.01. The molecule has 0 aliphatic carbocycles. The Bertz CT molecular complexity index is 566. The van der Waals surface area contributed by atoms with Crippen LogP contribution >= 0.6 is 0 Å². The summed E-state index contributed by atoms with van der Waals surface area (Å²) in [4.78, 5) is -0.160. The molecule has 5 nitrogen and oxygen atoms in total. The maximum Gasteiger partial charge on any atom is 0.241 e. The van der Waals surface area contributed by atoms with Gasteiger partial charge in [0, 0.05) is 17.9 Å². The first-order valence-corrected chi connectivity index (χ1v) is 7.49. The highest BCUT2D eigenvalue weighted by atomic mass is 32.2. The van der Waals surface area contributed by atoms with E-state index in [2.05, 4.69) is 4.72 Å². The van der Waals surface area contributed by atoms with Gasteiger partial charge in [0.05, 0.1) is 17.0 Å². The molecular formula is C12H17FN2O3S. The molecule has 19 heavy (non-hydrogen) atoms. The lowest BCUT2D eigenvalue weighted by Crippen LogP contribution is -2.39. The Hall–Kier alpha value is -1.18. The third-order valence-electron chi connectivity index (χ3n) is 3.35. The Morgan fingerprint density at radius 2 is 2.16 bits per heavy atom. The molecule has 7 heteroatoms. The minimum atomic E-state index is -3.79. The quantitative estimate of drug-likeness (QED) is 0.818.